The highest BCUT2D eigenvalue weighted by molar-refractivity contribution is 9.10. The van der Waals surface area contributed by atoms with E-state index in [1.807, 2.05) is 12.1 Å². The van der Waals surface area contributed by atoms with Crippen LogP contribution in [-0.2, 0) is 11.4 Å². The van der Waals surface area contributed by atoms with Gasteiger partial charge in [0, 0.05) is 0 Å². The predicted octanol–water partition coefficient (Wildman–Crippen LogP) is 5.28. The first kappa shape index (κ1) is 23.9. The van der Waals surface area contributed by atoms with E-state index in [0.717, 1.165) is 37.1 Å². The summed E-state index contributed by atoms with van der Waals surface area (Å²) in [4.78, 5) is 14.2. The topological polar surface area (TPSA) is 63.2 Å². The second-order valence-electron chi connectivity index (χ2n) is 7.20. The number of benzene rings is 2. The number of nitrogens with one attached hydrogen (secondary N) is 1. The molecule has 2 aromatic carbocycles. The highest BCUT2D eigenvalue weighted by Gasteiger charge is 2.14. The lowest BCUT2D eigenvalue weighted by Crippen LogP contribution is -2.38. The Morgan fingerprint density at radius 2 is 1.97 bits per heavy atom. The zero-order valence-electron chi connectivity index (χ0n) is 17.2. The lowest BCUT2D eigenvalue weighted by atomic mass is 10.1. The van der Waals surface area contributed by atoms with Crippen LogP contribution in [0.4, 0.5) is 0 Å². The van der Waals surface area contributed by atoms with Crippen molar-refractivity contribution in [3.63, 3.8) is 0 Å². The largest absolute Gasteiger partial charge is 0.493 e. The summed E-state index contributed by atoms with van der Waals surface area (Å²) in [6.45, 7) is 2.59. The number of hydrogen-bond donors (Lipinski definition) is 1. The SMILES string of the molecule is COc1cc(/C=N\NC(=O)CN2CCCCC2)cc(Br)c1OCc1ccc(Cl)c(Cl)c1. The molecule has 1 amide bonds. The molecular formula is C22H24BrCl2N3O3. The average molecular weight is 529 g/mol. The Morgan fingerprint density at radius 1 is 1.19 bits per heavy atom. The molecule has 0 aliphatic carbocycles. The van der Waals surface area contributed by atoms with Crippen LogP contribution in [-0.4, -0.2) is 43.8 Å². The van der Waals surface area contributed by atoms with Crippen LogP contribution < -0.4 is 14.9 Å². The van der Waals surface area contributed by atoms with Crippen molar-refractivity contribution in [2.24, 2.45) is 5.10 Å². The summed E-state index contributed by atoms with van der Waals surface area (Å²) in [5, 5.41) is 5.04. The van der Waals surface area contributed by atoms with Crippen molar-refractivity contribution in [2.75, 3.05) is 26.7 Å². The maximum Gasteiger partial charge on any atom is 0.254 e. The Morgan fingerprint density at radius 3 is 2.68 bits per heavy atom. The molecule has 1 N–H and O–H groups in total. The van der Waals surface area contributed by atoms with E-state index >= 15 is 0 Å². The first-order valence-corrected chi connectivity index (χ1v) is 11.5. The zero-order valence-corrected chi connectivity index (χ0v) is 20.3. The number of halogens is 3. The van der Waals surface area contributed by atoms with Crippen molar-refractivity contribution in [3.8, 4) is 11.5 Å². The molecule has 0 spiro atoms. The van der Waals surface area contributed by atoms with Gasteiger partial charge in [-0.1, -0.05) is 35.7 Å². The molecule has 2 aromatic rings. The highest BCUT2D eigenvalue weighted by Crippen LogP contribution is 2.37. The van der Waals surface area contributed by atoms with Crippen molar-refractivity contribution in [1.29, 1.82) is 0 Å². The fourth-order valence-corrected chi connectivity index (χ4v) is 4.17. The van der Waals surface area contributed by atoms with Crippen molar-refractivity contribution in [2.45, 2.75) is 25.9 Å². The van der Waals surface area contributed by atoms with Crippen LogP contribution in [0, 0.1) is 0 Å². The monoisotopic (exact) mass is 527 g/mol. The van der Waals surface area contributed by atoms with Crippen LogP contribution in [0.5, 0.6) is 11.5 Å². The van der Waals surface area contributed by atoms with Gasteiger partial charge in [0.25, 0.3) is 5.91 Å². The minimum absolute atomic E-state index is 0.120. The van der Waals surface area contributed by atoms with Gasteiger partial charge < -0.3 is 9.47 Å². The van der Waals surface area contributed by atoms with Gasteiger partial charge in [-0.2, -0.15) is 5.10 Å². The van der Waals surface area contributed by atoms with E-state index in [4.69, 9.17) is 32.7 Å². The van der Waals surface area contributed by atoms with Gasteiger partial charge in [-0.25, -0.2) is 5.43 Å². The molecule has 6 nitrogen and oxygen atoms in total. The molecule has 0 aromatic heterocycles. The summed E-state index contributed by atoms with van der Waals surface area (Å²) >= 11 is 15.5. The average Bonchev–Trinajstić information content (AvgIpc) is 2.75. The smallest absolute Gasteiger partial charge is 0.254 e. The number of likely N-dealkylation sites (tertiary alicyclic amines) is 1. The number of carbonyl (C=O) groups excluding carboxylic acids is 1. The van der Waals surface area contributed by atoms with Gasteiger partial charge in [-0.15, -0.1) is 0 Å². The van der Waals surface area contributed by atoms with Crippen molar-refractivity contribution in [1.82, 2.24) is 10.3 Å². The maximum atomic E-state index is 12.1. The number of amides is 1. The first-order chi connectivity index (χ1) is 15.0. The number of nitrogens with zero attached hydrogens (tertiary/aromatic N) is 2. The fourth-order valence-electron chi connectivity index (χ4n) is 3.27. The first-order valence-electron chi connectivity index (χ1n) is 9.95. The summed E-state index contributed by atoms with van der Waals surface area (Å²) < 4.78 is 12.1. The van der Waals surface area contributed by atoms with Gasteiger partial charge in [-0.3, -0.25) is 9.69 Å². The number of methoxy groups -OCH3 is 1. The van der Waals surface area contributed by atoms with Gasteiger partial charge >= 0.3 is 0 Å². The van der Waals surface area contributed by atoms with E-state index in [1.54, 1.807) is 31.5 Å². The van der Waals surface area contributed by atoms with Crippen LogP contribution in [0.25, 0.3) is 0 Å². The maximum absolute atomic E-state index is 12.1. The van der Waals surface area contributed by atoms with E-state index in [2.05, 4.69) is 31.4 Å². The van der Waals surface area contributed by atoms with E-state index in [0.29, 0.717) is 39.2 Å². The molecule has 31 heavy (non-hydrogen) atoms. The van der Waals surface area contributed by atoms with E-state index in [1.165, 1.54) is 6.42 Å². The van der Waals surface area contributed by atoms with E-state index in [-0.39, 0.29) is 5.91 Å². The van der Waals surface area contributed by atoms with Gasteiger partial charge in [0.1, 0.15) is 6.61 Å². The Bertz CT molecular complexity index is 950. The van der Waals surface area contributed by atoms with Gasteiger partial charge in [0.05, 0.1) is 34.4 Å². The normalized spacial score (nSPS) is 14.6. The summed E-state index contributed by atoms with van der Waals surface area (Å²) in [5.41, 5.74) is 4.22. The molecule has 1 heterocycles. The molecule has 0 saturated carbocycles. The van der Waals surface area contributed by atoms with Crippen LogP contribution in [0.3, 0.4) is 0 Å². The highest BCUT2D eigenvalue weighted by atomic mass is 79.9. The number of ether oxygens (including phenoxy) is 2. The molecule has 1 aliphatic rings. The second kappa shape index (κ2) is 11.7. The van der Waals surface area contributed by atoms with Crippen LogP contribution in [0.2, 0.25) is 10.0 Å². The Balaban J connectivity index is 1.60. The third-order valence-corrected chi connectivity index (χ3v) is 6.17. The zero-order chi connectivity index (χ0) is 22.2. The van der Waals surface area contributed by atoms with Crippen molar-refractivity contribution >= 4 is 51.3 Å². The number of piperidine rings is 1. The standard InChI is InChI=1S/C22H24BrCl2N3O3/c1-30-20-11-16(12-26-27-21(29)13-28-7-3-2-4-8-28)9-17(23)22(20)31-14-15-5-6-18(24)19(25)10-15/h5-6,9-12H,2-4,7-8,13-14H2,1H3,(H,27,29)/b26-12-. The quantitative estimate of drug-likeness (QED) is 0.374. The van der Waals surface area contributed by atoms with Gasteiger partial charge in [0.2, 0.25) is 0 Å². The minimum Gasteiger partial charge on any atom is -0.493 e. The predicted molar refractivity (Wildman–Crippen MR) is 128 cm³/mol. The van der Waals surface area contributed by atoms with Crippen LogP contribution >= 0.6 is 39.1 Å². The Hall–Kier alpha value is -1.80. The number of rotatable bonds is 8. The Labute approximate surface area is 200 Å². The van der Waals surface area contributed by atoms with E-state index in [9.17, 15) is 4.79 Å². The molecule has 1 aliphatic heterocycles. The molecule has 0 bridgehead atoms. The summed E-state index contributed by atoms with van der Waals surface area (Å²) in [6.07, 6.45) is 5.10. The van der Waals surface area contributed by atoms with Crippen LogP contribution in [0.15, 0.2) is 39.9 Å². The summed E-state index contributed by atoms with van der Waals surface area (Å²) in [7, 11) is 1.56. The minimum atomic E-state index is -0.120. The molecule has 0 unspecified atom stereocenters. The van der Waals surface area contributed by atoms with Gasteiger partial charge in [0.15, 0.2) is 11.5 Å². The third-order valence-electron chi connectivity index (χ3n) is 4.84. The molecular weight excluding hydrogens is 505 g/mol. The molecule has 1 saturated heterocycles. The third kappa shape index (κ3) is 7.10. The second-order valence-corrected chi connectivity index (χ2v) is 8.87. The Kier molecular flexibility index (Phi) is 9.02. The number of hydrazone groups is 1. The summed E-state index contributed by atoms with van der Waals surface area (Å²) in [6, 6.07) is 8.97. The molecule has 3 rings (SSSR count). The van der Waals surface area contributed by atoms with Crippen molar-refractivity contribution < 1.29 is 14.3 Å². The van der Waals surface area contributed by atoms with E-state index < -0.39 is 0 Å². The molecule has 0 atom stereocenters. The molecule has 0 radical (unpaired) electrons. The number of hydrogen-bond acceptors (Lipinski definition) is 5. The molecule has 1 fully saturated rings. The molecule has 9 heteroatoms. The lowest BCUT2D eigenvalue weighted by Gasteiger charge is -2.25. The van der Waals surface area contributed by atoms with Crippen LogP contribution in [0.1, 0.15) is 30.4 Å². The number of carbonyl (C=O) groups is 1. The van der Waals surface area contributed by atoms with Crippen molar-refractivity contribution in [3.05, 3.63) is 56.0 Å². The van der Waals surface area contributed by atoms with Gasteiger partial charge in [-0.05, 0) is 77.3 Å². The summed E-state index contributed by atoms with van der Waals surface area (Å²) in [5.74, 6) is 0.973. The molecule has 166 valence electrons. The fraction of sp³-hybridized carbons (Fsp3) is 0.364. The lowest BCUT2D eigenvalue weighted by molar-refractivity contribution is -0.122.